The number of amides is 3. The summed E-state index contributed by atoms with van der Waals surface area (Å²) in [6.45, 7) is 7.38. The highest BCUT2D eigenvalue weighted by Gasteiger charge is 2.31. The van der Waals surface area contributed by atoms with Gasteiger partial charge in [-0.15, -0.1) is 0 Å². The Labute approximate surface area is 189 Å². The summed E-state index contributed by atoms with van der Waals surface area (Å²) in [5.41, 5.74) is 15.8. The minimum Gasteiger partial charge on any atom is -0.480 e. The number of rotatable bonds is 15. The van der Waals surface area contributed by atoms with E-state index in [1.165, 1.54) is 0 Å². The molecule has 12 heteroatoms. The Balaban J connectivity index is 5.35. The maximum absolute atomic E-state index is 12.9. The molecule has 4 atom stereocenters. The van der Waals surface area contributed by atoms with E-state index in [4.69, 9.17) is 17.2 Å². The van der Waals surface area contributed by atoms with Crippen LogP contribution < -0.4 is 33.2 Å². The van der Waals surface area contributed by atoms with Gasteiger partial charge in [0.15, 0.2) is 5.96 Å². The van der Waals surface area contributed by atoms with Crippen LogP contribution >= 0.6 is 0 Å². The van der Waals surface area contributed by atoms with E-state index in [2.05, 4.69) is 20.9 Å². The lowest BCUT2D eigenvalue weighted by Gasteiger charge is -2.27. The standard InChI is InChI=1S/C20H39N7O5/c1-5-12(4)16(27-15(28)10-21)18(30)26-14(9-11(2)3)17(29)25-13(19(31)32)7-6-8-24-20(22)23/h11-14,16H,5-10,21H2,1-4H3,(H,25,29)(H,26,30)(H,27,28)(H,31,32)(H4,22,23,24). The summed E-state index contributed by atoms with van der Waals surface area (Å²) in [5.74, 6) is -3.09. The Morgan fingerprint density at radius 3 is 2.03 bits per heavy atom. The van der Waals surface area contributed by atoms with Crippen molar-refractivity contribution in [1.29, 1.82) is 0 Å². The highest BCUT2D eigenvalue weighted by atomic mass is 16.4. The summed E-state index contributed by atoms with van der Waals surface area (Å²) in [6.07, 6.45) is 1.36. The molecule has 0 saturated carbocycles. The molecule has 0 saturated heterocycles. The number of aliphatic imine (C=N–C) groups is 1. The van der Waals surface area contributed by atoms with Crippen molar-refractivity contribution in [3.63, 3.8) is 0 Å². The zero-order valence-electron chi connectivity index (χ0n) is 19.4. The lowest BCUT2D eigenvalue weighted by Crippen LogP contribution is -2.57. The molecule has 0 radical (unpaired) electrons. The van der Waals surface area contributed by atoms with E-state index in [0.29, 0.717) is 12.8 Å². The van der Waals surface area contributed by atoms with E-state index in [0.717, 1.165) is 0 Å². The van der Waals surface area contributed by atoms with Gasteiger partial charge < -0.3 is 38.3 Å². The number of carboxylic acid groups (broad SMARTS) is 1. The molecule has 0 aliphatic carbocycles. The zero-order chi connectivity index (χ0) is 24.8. The molecule has 0 aromatic heterocycles. The number of aliphatic carboxylic acids is 1. The molecular weight excluding hydrogens is 418 g/mol. The summed E-state index contributed by atoms with van der Waals surface area (Å²) >= 11 is 0. The van der Waals surface area contributed by atoms with Gasteiger partial charge in [-0.2, -0.15) is 0 Å². The maximum atomic E-state index is 12.9. The number of nitrogens with two attached hydrogens (primary N) is 3. The Kier molecular flexibility index (Phi) is 13.6. The molecule has 0 aliphatic rings. The maximum Gasteiger partial charge on any atom is 0.326 e. The number of hydrogen-bond donors (Lipinski definition) is 7. The fraction of sp³-hybridized carbons (Fsp3) is 0.750. The Morgan fingerprint density at radius 2 is 1.56 bits per heavy atom. The topological polar surface area (TPSA) is 215 Å². The first kappa shape index (κ1) is 29.1. The molecule has 4 unspecified atom stereocenters. The van der Waals surface area contributed by atoms with Gasteiger partial charge in [0.05, 0.1) is 6.54 Å². The van der Waals surface area contributed by atoms with Crippen molar-refractivity contribution in [2.24, 2.45) is 34.0 Å². The van der Waals surface area contributed by atoms with Gasteiger partial charge in [-0.1, -0.05) is 34.1 Å². The summed E-state index contributed by atoms with van der Waals surface area (Å²) < 4.78 is 0. The lowest BCUT2D eigenvalue weighted by molar-refractivity contribution is -0.142. The average molecular weight is 458 g/mol. The number of carbonyl (C=O) groups excluding carboxylic acids is 3. The van der Waals surface area contributed by atoms with Crippen molar-refractivity contribution in [2.75, 3.05) is 13.1 Å². The quantitative estimate of drug-likeness (QED) is 0.0882. The molecule has 0 bridgehead atoms. The molecule has 0 aromatic carbocycles. The molecule has 0 fully saturated rings. The fourth-order valence-corrected chi connectivity index (χ4v) is 2.93. The zero-order valence-corrected chi connectivity index (χ0v) is 19.4. The van der Waals surface area contributed by atoms with Crippen LogP contribution in [-0.4, -0.2) is 66.0 Å². The third-order valence-electron chi connectivity index (χ3n) is 4.90. The van der Waals surface area contributed by atoms with E-state index in [9.17, 15) is 24.3 Å². The van der Waals surface area contributed by atoms with Gasteiger partial charge in [-0.05, 0) is 31.1 Å². The first-order chi connectivity index (χ1) is 14.9. The SMILES string of the molecule is CCC(C)C(NC(=O)CN)C(=O)NC(CC(C)C)C(=O)NC(CCCN=C(N)N)C(=O)O. The minimum absolute atomic E-state index is 0.0388. The molecule has 12 nitrogen and oxygen atoms in total. The number of nitrogens with zero attached hydrogens (tertiary/aromatic N) is 1. The molecule has 0 rings (SSSR count). The van der Waals surface area contributed by atoms with Crippen molar-refractivity contribution in [1.82, 2.24) is 16.0 Å². The molecule has 3 amide bonds. The second-order valence-corrected chi connectivity index (χ2v) is 8.17. The summed E-state index contributed by atoms with van der Waals surface area (Å²) in [5, 5.41) is 17.2. The van der Waals surface area contributed by atoms with Crippen molar-refractivity contribution >= 4 is 29.7 Å². The van der Waals surface area contributed by atoms with Crippen LogP contribution in [0.4, 0.5) is 0 Å². The number of hydrogen-bond acceptors (Lipinski definition) is 6. The predicted molar refractivity (Wildman–Crippen MR) is 121 cm³/mol. The molecular formula is C20H39N7O5. The highest BCUT2D eigenvalue weighted by Crippen LogP contribution is 2.11. The smallest absolute Gasteiger partial charge is 0.326 e. The average Bonchev–Trinajstić information content (AvgIpc) is 2.71. The molecule has 184 valence electrons. The lowest BCUT2D eigenvalue weighted by atomic mass is 9.96. The van der Waals surface area contributed by atoms with Crippen molar-refractivity contribution in [3.05, 3.63) is 0 Å². The van der Waals surface area contributed by atoms with Crippen LogP contribution in [0.5, 0.6) is 0 Å². The van der Waals surface area contributed by atoms with Gasteiger partial charge in [0, 0.05) is 6.54 Å². The van der Waals surface area contributed by atoms with Crippen molar-refractivity contribution < 1.29 is 24.3 Å². The minimum atomic E-state index is -1.20. The van der Waals surface area contributed by atoms with Gasteiger partial charge in [-0.3, -0.25) is 19.4 Å². The first-order valence-electron chi connectivity index (χ1n) is 10.8. The summed E-state index contributed by atoms with van der Waals surface area (Å²) in [6, 6.07) is -3.00. The molecule has 0 heterocycles. The predicted octanol–water partition coefficient (Wildman–Crippen LogP) is -1.37. The first-order valence-corrected chi connectivity index (χ1v) is 10.8. The van der Waals surface area contributed by atoms with E-state index >= 15 is 0 Å². The van der Waals surface area contributed by atoms with Crippen LogP contribution in [0, 0.1) is 11.8 Å². The fourth-order valence-electron chi connectivity index (χ4n) is 2.93. The third-order valence-corrected chi connectivity index (χ3v) is 4.90. The number of carbonyl (C=O) groups is 4. The van der Waals surface area contributed by atoms with Gasteiger partial charge in [-0.25, -0.2) is 4.79 Å². The van der Waals surface area contributed by atoms with E-state index in [-0.39, 0.29) is 43.7 Å². The number of carboxylic acids is 1. The Hall–Kier alpha value is -2.89. The summed E-state index contributed by atoms with van der Waals surface area (Å²) in [4.78, 5) is 52.8. The van der Waals surface area contributed by atoms with Gasteiger partial charge >= 0.3 is 5.97 Å². The van der Waals surface area contributed by atoms with Crippen molar-refractivity contribution in [3.8, 4) is 0 Å². The van der Waals surface area contributed by atoms with Crippen LogP contribution in [0.2, 0.25) is 0 Å². The normalized spacial score (nSPS) is 14.6. The van der Waals surface area contributed by atoms with Crippen LogP contribution in [-0.2, 0) is 19.2 Å². The second kappa shape index (κ2) is 15.0. The second-order valence-electron chi connectivity index (χ2n) is 8.17. The molecule has 0 aliphatic heterocycles. The molecule has 0 spiro atoms. The summed E-state index contributed by atoms with van der Waals surface area (Å²) in [7, 11) is 0. The number of nitrogens with one attached hydrogen (secondary N) is 3. The van der Waals surface area contributed by atoms with Crippen LogP contribution in [0.25, 0.3) is 0 Å². The Morgan fingerprint density at radius 1 is 0.969 bits per heavy atom. The third kappa shape index (κ3) is 11.5. The van der Waals surface area contributed by atoms with E-state index < -0.39 is 41.8 Å². The highest BCUT2D eigenvalue weighted by molar-refractivity contribution is 5.93. The number of guanidine groups is 1. The van der Waals surface area contributed by atoms with E-state index in [1.54, 1.807) is 6.92 Å². The van der Waals surface area contributed by atoms with Gasteiger partial charge in [0.1, 0.15) is 18.1 Å². The molecule has 32 heavy (non-hydrogen) atoms. The van der Waals surface area contributed by atoms with Gasteiger partial charge in [0.2, 0.25) is 17.7 Å². The molecule has 10 N–H and O–H groups in total. The van der Waals surface area contributed by atoms with Crippen LogP contribution in [0.15, 0.2) is 4.99 Å². The van der Waals surface area contributed by atoms with Crippen LogP contribution in [0.3, 0.4) is 0 Å². The monoisotopic (exact) mass is 457 g/mol. The van der Waals surface area contributed by atoms with Crippen LogP contribution in [0.1, 0.15) is 53.4 Å². The Bertz CT molecular complexity index is 665. The van der Waals surface area contributed by atoms with E-state index in [1.807, 2.05) is 20.8 Å². The van der Waals surface area contributed by atoms with Gasteiger partial charge in [0.25, 0.3) is 0 Å². The molecule has 0 aromatic rings. The largest absolute Gasteiger partial charge is 0.480 e. The van der Waals surface area contributed by atoms with Crippen molar-refractivity contribution in [2.45, 2.75) is 71.5 Å².